The van der Waals surface area contributed by atoms with Crippen molar-refractivity contribution >= 4 is 51.4 Å². The van der Waals surface area contributed by atoms with Gasteiger partial charge in [-0.15, -0.1) is 0 Å². The number of hydrogen-bond acceptors (Lipinski definition) is 7. The number of thioether (sulfide) groups is 1. The first-order valence-electron chi connectivity index (χ1n) is 11.7. The van der Waals surface area contributed by atoms with E-state index in [4.69, 9.17) is 9.47 Å². The molecule has 0 unspecified atom stereocenters. The normalized spacial score (nSPS) is 14.2. The van der Waals surface area contributed by atoms with Crippen molar-refractivity contribution in [2.24, 2.45) is 0 Å². The van der Waals surface area contributed by atoms with Crippen LogP contribution in [-0.2, 0) is 16.2 Å². The van der Waals surface area contributed by atoms with Gasteiger partial charge in [-0.3, -0.25) is 24.3 Å². The first kappa shape index (κ1) is 25.0. The number of ether oxygens (including phenoxy) is 2. The number of methoxy groups -OCH3 is 1. The number of nitrogens with zero attached hydrogens (tertiary/aromatic N) is 2. The second-order valence-electron chi connectivity index (χ2n) is 8.40. The molecule has 5 rings (SSSR count). The number of nitrogens with one attached hydrogen (secondary N) is 1. The topological polar surface area (TPSA) is 97.8 Å². The minimum absolute atomic E-state index is 0.223. The number of pyridine rings is 1. The fourth-order valence-corrected chi connectivity index (χ4v) is 4.83. The summed E-state index contributed by atoms with van der Waals surface area (Å²) in [5.41, 5.74) is 2.24. The predicted octanol–water partition coefficient (Wildman–Crippen LogP) is 5.50. The standard InChI is InChI=1S/C29H23N3O5S/c1-36-25-15-20(9-10-24(25)37-18-19-11-13-30-14-12-19)16-26-28(34)32(29(35)38-26)17-27(33)31-23-8-4-6-21-5-2-3-7-22(21)23/h2-16H,17-18H2,1H3,(H,31,33)/b26-16+. The second-order valence-corrected chi connectivity index (χ2v) is 9.39. The molecule has 4 aromatic rings. The molecule has 0 saturated carbocycles. The highest BCUT2D eigenvalue weighted by Crippen LogP contribution is 2.35. The van der Waals surface area contributed by atoms with E-state index in [0.29, 0.717) is 29.4 Å². The highest BCUT2D eigenvalue weighted by atomic mass is 32.2. The molecule has 1 N–H and O–H groups in total. The van der Waals surface area contributed by atoms with E-state index in [2.05, 4.69) is 10.3 Å². The molecule has 0 bridgehead atoms. The van der Waals surface area contributed by atoms with Crippen molar-refractivity contribution in [3.8, 4) is 11.5 Å². The number of amides is 3. The van der Waals surface area contributed by atoms with E-state index in [9.17, 15) is 14.4 Å². The highest BCUT2D eigenvalue weighted by Gasteiger charge is 2.36. The third-order valence-electron chi connectivity index (χ3n) is 5.87. The van der Waals surface area contributed by atoms with E-state index >= 15 is 0 Å². The van der Waals surface area contributed by atoms with Crippen LogP contribution in [0.5, 0.6) is 11.5 Å². The van der Waals surface area contributed by atoms with Crippen LogP contribution in [0.4, 0.5) is 10.5 Å². The van der Waals surface area contributed by atoms with Crippen molar-refractivity contribution in [3.63, 3.8) is 0 Å². The molecule has 9 heteroatoms. The van der Waals surface area contributed by atoms with E-state index in [1.54, 1.807) is 42.7 Å². The van der Waals surface area contributed by atoms with Crippen LogP contribution in [0, 0.1) is 0 Å². The third kappa shape index (κ3) is 5.52. The Balaban J connectivity index is 1.26. The highest BCUT2D eigenvalue weighted by molar-refractivity contribution is 8.18. The van der Waals surface area contributed by atoms with Gasteiger partial charge in [-0.05, 0) is 64.7 Å². The minimum atomic E-state index is -0.523. The largest absolute Gasteiger partial charge is 0.493 e. The first-order valence-corrected chi connectivity index (χ1v) is 12.6. The van der Waals surface area contributed by atoms with Crippen LogP contribution in [-0.4, -0.2) is 40.6 Å². The zero-order valence-corrected chi connectivity index (χ0v) is 21.2. The van der Waals surface area contributed by atoms with Crippen LogP contribution in [0.2, 0.25) is 0 Å². The molecule has 0 radical (unpaired) electrons. The first-order chi connectivity index (χ1) is 18.5. The lowest BCUT2D eigenvalue weighted by molar-refractivity contribution is -0.127. The zero-order valence-electron chi connectivity index (χ0n) is 20.4. The summed E-state index contributed by atoms with van der Waals surface area (Å²) in [7, 11) is 1.53. The number of benzene rings is 3. The number of hydrogen-bond donors (Lipinski definition) is 1. The molecule has 0 aliphatic carbocycles. The van der Waals surface area contributed by atoms with Gasteiger partial charge in [-0.2, -0.15) is 0 Å². The Morgan fingerprint density at radius 3 is 2.61 bits per heavy atom. The second kappa shape index (κ2) is 11.2. The van der Waals surface area contributed by atoms with Gasteiger partial charge in [0, 0.05) is 23.5 Å². The number of rotatable bonds is 8. The van der Waals surface area contributed by atoms with Crippen molar-refractivity contribution in [1.82, 2.24) is 9.88 Å². The van der Waals surface area contributed by atoms with Crippen LogP contribution in [0.1, 0.15) is 11.1 Å². The fourth-order valence-electron chi connectivity index (χ4n) is 3.99. The van der Waals surface area contributed by atoms with Gasteiger partial charge in [0.05, 0.1) is 12.0 Å². The number of carbonyl (C=O) groups is 3. The molecule has 8 nitrogen and oxygen atoms in total. The monoisotopic (exact) mass is 525 g/mol. The molecule has 190 valence electrons. The average Bonchev–Trinajstić information content (AvgIpc) is 3.20. The lowest BCUT2D eigenvalue weighted by atomic mass is 10.1. The van der Waals surface area contributed by atoms with Crippen LogP contribution < -0.4 is 14.8 Å². The van der Waals surface area contributed by atoms with Crippen LogP contribution >= 0.6 is 11.8 Å². The summed E-state index contributed by atoms with van der Waals surface area (Å²) in [6.45, 7) is -0.0334. The van der Waals surface area contributed by atoms with E-state index in [0.717, 1.165) is 33.0 Å². The average molecular weight is 526 g/mol. The minimum Gasteiger partial charge on any atom is -0.493 e. The number of imide groups is 1. The fraction of sp³-hybridized carbons (Fsp3) is 0.103. The van der Waals surface area contributed by atoms with Crippen LogP contribution in [0.3, 0.4) is 0 Å². The molecule has 2 heterocycles. The van der Waals surface area contributed by atoms with Crippen LogP contribution in [0.25, 0.3) is 16.8 Å². The Morgan fingerprint density at radius 1 is 1.00 bits per heavy atom. The molecule has 3 aromatic carbocycles. The molecule has 0 spiro atoms. The maximum Gasteiger partial charge on any atom is 0.294 e. The molecule has 1 aliphatic heterocycles. The third-order valence-corrected chi connectivity index (χ3v) is 6.78. The van der Waals surface area contributed by atoms with Gasteiger partial charge in [0.15, 0.2) is 11.5 Å². The molecular weight excluding hydrogens is 502 g/mol. The van der Waals surface area contributed by atoms with Crippen molar-refractivity contribution in [3.05, 3.63) is 101 Å². The molecule has 1 aromatic heterocycles. The molecular formula is C29H23N3O5S. The summed E-state index contributed by atoms with van der Waals surface area (Å²) >= 11 is 0.793. The summed E-state index contributed by atoms with van der Waals surface area (Å²) in [4.78, 5) is 43.4. The Morgan fingerprint density at radius 2 is 1.79 bits per heavy atom. The van der Waals surface area contributed by atoms with Crippen molar-refractivity contribution in [1.29, 1.82) is 0 Å². The van der Waals surface area contributed by atoms with Crippen molar-refractivity contribution in [2.75, 3.05) is 19.0 Å². The SMILES string of the molecule is COc1cc(/C=C2/SC(=O)N(CC(=O)Nc3cccc4ccccc34)C2=O)ccc1OCc1ccncc1. The summed E-state index contributed by atoms with van der Waals surface area (Å²) in [6, 6.07) is 22.2. The maximum absolute atomic E-state index is 13.0. The summed E-state index contributed by atoms with van der Waals surface area (Å²) in [6.07, 6.45) is 4.99. The lowest BCUT2D eigenvalue weighted by Crippen LogP contribution is -2.36. The molecule has 3 amide bonds. The van der Waals surface area contributed by atoms with Gasteiger partial charge < -0.3 is 14.8 Å². The Labute approximate surface area is 223 Å². The smallest absolute Gasteiger partial charge is 0.294 e. The summed E-state index contributed by atoms with van der Waals surface area (Å²) < 4.78 is 11.3. The van der Waals surface area contributed by atoms with Gasteiger partial charge in [0.25, 0.3) is 11.1 Å². The lowest BCUT2D eigenvalue weighted by Gasteiger charge is -2.13. The van der Waals surface area contributed by atoms with Gasteiger partial charge in [0.1, 0.15) is 13.2 Å². The number of carbonyl (C=O) groups excluding carboxylic acids is 3. The number of anilines is 1. The van der Waals surface area contributed by atoms with E-state index in [-0.39, 0.29) is 11.4 Å². The van der Waals surface area contributed by atoms with E-state index in [1.165, 1.54) is 7.11 Å². The van der Waals surface area contributed by atoms with Gasteiger partial charge in [0.2, 0.25) is 5.91 Å². The number of fused-ring (bicyclic) bond motifs is 1. The molecule has 38 heavy (non-hydrogen) atoms. The predicted molar refractivity (Wildman–Crippen MR) is 147 cm³/mol. The Hall–Kier alpha value is -4.63. The molecule has 1 saturated heterocycles. The Bertz CT molecular complexity index is 1550. The van der Waals surface area contributed by atoms with Gasteiger partial charge in [-0.25, -0.2) is 0 Å². The summed E-state index contributed by atoms with van der Waals surface area (Å²) in [5.74, 6) is 0.0495. The maximum atomic E-state index is 13.0. The number of aromatic nitrogens is 1. The van der Waals surface area contributed by atoms with E-state index in [1.807, 2.05) is 48.5 Å². The quantitative estimate of drug-likeness (QED) is 0.304. The molecule has 1 aliphatic rings. The van der Waals surface area contributed by atoms with Gasteiger partial charge in [-0.1, -0.05) is 42.5 Å². The van der Waals surface area contributed by atoms with E-state index < -0.39 is 17.1 Å². The zero-order chi connectivity index (χ0) is 26.5. The van der Waals surface area contributed by atoms with Crippen LogP contribution in [0.15, 0.2) is 90.1 Å². The van der Waals surface area contributed by atoms with Gasteiger partial charge >= 0.3 is 0 Å². The Kier molecular flexibility index (Phi) is 7.37. The van der Waals surface area contributed by atoms with Crippen molar-refractivity contribution in [2.45, 2.75) is 6.61 Å². The molecule has 0 atom stereocenters. The molecule has 1 fully saturated rings. The summed E-state index contributed by atoms with van der Waals surface area (Å²) in [5, 5.41) is 4.16. The van der Waals surface area contributed by atoms with Crippen molar-refractivity contribution < 1.29 is 23.9 Å².